The van der Waals surface area contributed by atoms with Crippen LogP contribution in [0.15, 0.2) is 77.8 Å². The maximum Gasteiger partial charge on any atom is 0.251 e. The molecule has 0 aliphatic rings. The summed E-state index contributed by atoms with van der Waals surface area (Å²) in [7, 11) is 0. The molecule has 34 heavy (non-hydrogen) atoms. The summed E-state index contributed by atoms with van der Waals surface area (Å²) in [6.45, 7) is 7.22. The summed E-state index contributed by atoms with van der Waals surface area (Å²) in [5.41, 5.74) is 5.98. The average Bonchev–Trinajstić information content (AvgIpc) is 3.19. The maximum absolute atomic E-state index is 12.6. The Labute approximate surface area is 204 Å². The van der Waals surface area contributed by atoms with Crippen LogP contribution in [0.1, 0.15) is 27.0 Å². The van der Waals surface area contributed by atoms with E-state index in [-0.39, 0.29) is 11.8 Å². The monoisotopic (exact) mass is 471 g/mol. The molecule has 2 amide bonds. The SMILES string of the molecule is Cc1ccc(C(=O)NCCn2cc(SCC(=O)Nc3cccc(C)c3C)c3ccccc32)cc1. The molecule has 0 radical (unpaired) electrons. The number of hydrogen-bond acceptors (Lipinski definition) is 3. The molecule has 4 aromatic rings. The smallest absolute Gasteiger partial charge is 0.251 e. The van der Waals surface area contributed by atoms with Gasteiger partial charge in [-0.05, 0) is 56.2 Å². The second-order valence-corrected chi connectivity index (χ2v) is 9.43. The summed E-state index contributed by atoms with van der Waals surface area (Å²) in [5.74, 6) is 0.223. The van der Waals surface area contributed by atoms with Crippen LogP contribution in [0.4, 0.5) is 5.69 Å². The minimum absolute atomic E-state index is 0.0270. The summed E-state index contributed by atoms with van der Waals surface area (Å²) >= 11 is 1.53. The number of nitrogens with one attached hydrogen (secondary N) is 2. The fraction of sp³-hybridized carbons (Fsp3) is 0.214. The van der Waals surface area contributed by atoms with Crippen LogP contribution in [0.3, 0.4) is 0 Å². The molecule has 0 saturated carbocycles. The third kappa shape index (κ3) is 5.51. The Morgan fingerprint density at radius 3 is 2.47 bits per heavy atom. The van der Waals surface area contributed by atoms with Crippen molar-refractivity contribution >= 4 is 40.2 Å². The number of aryl methyl sites for hydroxylation is 2. The number of para-hydroxylation sites is 1. The van der Waals surface area contributed by atoms with E-state index in [0.717, 1.165) is 38.2 Å². The zero-order chi connectivity index (χ0) is 24.1. The number of rotatable bonds is 8. The van der Waals surface area contributed by atoms with Gasteiger partial charge in [-0.2, -0.15) is 0 Å². The highest BCUT2D eigenvalue weighted by Gasteiger charge is 2.12. The number of aromatic nitrogens is 1. The highest BCUT2D eigenvalue weighted by molar-refractivity contribution is 8.00. The largest absolute Gasteiger partial charge is 0.350 e. The van der Waals surface area contributed by atoms with Crippen molar-refractivity contribution in [3.8, 4) is 0 Å². The van der Waals surface area contributed by atoms with Gasteiger partial charge in [0.25, 0.3) is 5.91 Å². The van der Waals surface area contributed by atoms with Gasteiger partial charge in [0.05, 0.1) is 5.75 Å². The molecule has 5 nitrogen and oxygen atoms in total. The Balaban J connectivity index is 1.39. The van der Waals surface area contributed by atoms with Gasteiger partial charge in [0.2, 0.25) is 5.91 Å². The number of amides is 2. The first-order valence-electron chi connectivity index (χ1n) is 11.3. The van der Waals surface area contributed by atoms with Crippen LogP contribution < -0.4 is 10.6 Å². The lowest BCUT2D eigenvalue weighted by Crippen LogP contribution is -2.27. The van der Waals surface area contributed by atoms with Gasteiger partial charge in [-0.15, -0.1) is 11.8 Å². The highest BCUT2D eigenvalue weighted by atomic mass is 32.2. The zero-order valence-electron chi connectivity index (χ0n) is 19.7. The fourth-order valence-corrected chi connectivity index (χ4v) is 4.71. The Morgan fingerprint density at radius 1 is 0.912 bits per heavy atom. The summed E-state index contributed by atoms with van der Waals surface area (Å²) in [6, 6.07) is 21.6. The number of thioether (sulfide) groups is 1. The topological polar surface area (TPSA) is 63.1 Å². The van der Waals surface area contributed by atoms with Crippen LogP contribution in [0.25, 0.3) is 10.9 Å². The van der Waals surface area contributed by atoms with Gasteiger partial charge < -0.3 is 15.2 Å². The zero-order valence-corrected chi connectivity index (χ0v) is 20.5. The van der Waals surface area contributed by atoms with E-state index >= 15 is 0 Å². The van der Waals surface area contributed by atoms with Gasteiger partial charge in [0, 0.05) is 46.3 Å². The highest BCUT2D eigenvalue weighted by Crippen LogP contribution is 2.30. The first-order chi connectivity index (χ1) is 16.4. The van der Waals surface area contributed by atoms with E-state index in [1.807, 2.05) is 75.4 Å². The molecule has 0 saturated heterocycles. The molecular weight excluding hydrogens is 442 g/mol. The molecule has 0 unspecified atom stereocenters. The summed E-state index contributed by atoms with van der Waals surface area (Å²) in [6.07, 6.45) is 2.07. The Hall–Kier alpha value is -3.51. The lowest BCUT2D eigenvalue weighted by Gasteiger charge is -2.10. The molecule has 0 bridgehead atoms. The third-order valence-corrected chi connectivity index (χ3v) is 6.98. The number of fused-ring (bicyclic) bond motifs is 1. The van der Waals surface area contributed by atoms with Gasteiger partial charge in [-0.3, -0.25) is 9.59 Å². The molecule has 1 heterocycles. The molecule has 0 atom stereocenters. The molecular formula is C28H29N3O2S. The predicted molar refractivity (Wildman–Crippen MR) is 141 cm³/mol. The lowest BCUT2D eigenvalue weighted by atomic mass is 10.1. The number of carbonyl (C=O) groups excluding carboxylic acids is 2. The lowest BCUT2D eigenvalue weighted by molar-refractivity contribution is -0.113. The first-order valence-corrected chi connectivity index (χ1v) is 12.3. The molecule has 3 aromatic carbocycles. The minimum atomic E-state index is -0.0748. The average molecular weight is 472 g/mol. The standard InChI is InChI=1S/C28H29N3O2S/c1-19-11-13-22(14-12-19)28(33)29-15-16-31-17-26(23-8-4-5-10-25(23)31)34-18-27(32)30-24-9-6-7-20(2)21(24)3/h4-14,17H,15-16,18H2,1-3H3,(H,29,33)(H,30,32). The Kier molecular flexibility index (Phi) is 7.38. The van der Waals surface area contributed by atoms with Crippen molar-refractivity contribution in [1.82, 2.24) is 9.88 Å². The van der Waals surface area contributed by atoms with E-state index < -0.39 is 0 Å². The number of nitrogens with zero attached hydrogens (tertiary/aromatic N) is 1. The number of carbonyl (C=O) groups is 2. The van der Waals surface area contributed by atoms with E-state index in [2.05, 4.69) is 33.5 Å². The van der Waals surface area contributed by atoms with E-state index in [1.165, 1.54) is 11.8 Å². The van der Waals surface area contributed by atoms with Crippen LogP contribution in [0, 0.1) is 20.8 Å². The van der Waals surface area contributed by atoms with Crippen LogP contribution >= 0.6 is 11.8 Å². The Bertz CT molecular complexity index is 1330. The second kappa shape index (κ2) is 10.6. The third-order valence-electron chi connectivity index (χ3n) is 5.94. The molecule has 174 valence electrons. The number of hydrogen-bond donors (Lipinski definition) is 2. The van der Waals surface area contributed by atoms with Gasteiger partial charge in [0.15, 0.2) is 0 Å². The van der Waals surface area contributed by atoms with Crippen LogP contribution in [0.2, 0.25) is 0 Å². The maximum atomic E-state index is 12.6. The van der Waals surface area contributed by atoms with Crippen LogP contribution in [-0.2, 0) is 11.3 Å². The van der Waals surface area contributed by atoms with Crippen molar-refractivity contribution in [2.24, 2.45) is 0 Å². The van der Waals surface area contributed by atoms with E-state index in [1.54, 1.807) is 0 Å². The van der Waals surface area contributed by atoms with E-state index in [4.69, 9.17) is 0 Å². The summed E-state index contributed by atoms with van der Waals surface area (Å²) < 4.78 is 2.13. The van der Waals surface area contributed by atoms with Crippen molar-refractivity contribution in [1.29, 1.82) is 0 Å². The molecule has 0 spiro atoms. The quantitative estimate of drug-likeness (QED) is 0.323. The summed E-state index contributed by atoms with van der Waals surface area (Å²) in [5, 5.41) is 7.13. The molecule has 0 aliphatic carbocycles. The first kappa shape index (κ1) is 23.6. The normalized spacial score (nSPS) is 10.9. The van der Waals surface area contributed by atoms with Crippen LogP contribution in [-0.4, -0.2) is 28.7 Å². The van der Waals surface area contributed by atoms with E-state index in [0.29, 0.717) is 24.4 Å². The number of anilines is 1. The van der Waals surface area contributed by atoms with Crippen molar-refractivity contribution < 1.29 is 9.59 Å². The van der Waals surface area contributed by atoms with Crippen molar-refractivity contribution in [3.05, 3.63) is 95.2 Å². The van der Waals surface area contributed by atoms with Crippen molar-refractivity contribution in [3.63, 3.8) is 0 Å². The van der Waals surface area contributed by atoms with Gasteiger partial charge in [-0.25, -0.2) is 0 Å². The fourth-order valence-electron chi connectivity index (χ4n) is 3.83. The van der Waals surface area contributed by atoms with Crippen LogP contribution in [0.5, 0.6) is 0 Å². The van der Waals surface area contributed by atoms with Crippen molar-refractivity contribution in [2.45, 2.75) is 32.2 Å². The predicted octanol–water partition coefficient (Wildman–Crippen LogP) is 5.73. The second-order valence-electron chi connectivity index (χ2n) is 8.41. The Morgan fingerprint density at radius 2 is 1.68 bits per heavy atom. The van der Waals surface area contributed by atoms with E-state index in [9.17, 15) is 9.59 Å². The molecule has 4 rings (SSSR count). The molecule has 2 N–H and O–H groups in total. The molecule has 0 fully saturated rings. The molecule has 1 aromatic heterocycles. The molecule has 0 aliphatic heterocycles. The number of benzene rings is 3. The van der Waals surface area contributed by atoms with Gasteiger partial charge >= 0.3 is 0 Å². The summed E-state index contributed by atoms with van der Waals surface area (Å²) in [4.78, 5) is 26.1. The van der Waals surface area contributed by atoms with Crippen molar-refractivity contribution in [2.75, 3.05) is 17.6 Å². The van der Waals surface area contributed by atoms with Gasteiger partial charge in [-0.1, -0.05) is 48.0 Å². The van der Waals surface area contributed by atoms with Gasteiger partial charge in [0.1, 0.15) is 0 Å². The molecule has 6 heteroatoms. The minimum Gasteiger partial charge on any atom is -0.350 e.